The summed E-state index contributed by atoms with van der Waals surface area (Å²) in [6, 6.07) is 7.97. The molecule has 1 unspecified atom stereocenters. The van der Waals surface area contributed by atoms with Crippen LogP contribution >= 0.6 is 0 Å². The number of carbonyl (C=O) groups is 2. The van der Waals surface area contributed by atoms with Crippen LogP contribution in [-0.4, -0.2) is 84.2 Å². The highest BCUT2D eigenvalue weighted by Crippen LogP contribution is 2.42. The molecule has 9 nitrogen and oxygen atoms in total. The first-order chi connectivity index (χ1) is 18.9. The number of aliphatic hydroxyl groups is 1. The Morgan fingerprint density at radius 2 is 1.82 bits per heavy atom. The number of benzene rings is 1. The molecule has 0 aliphatic carbocycles. The van der Waals surface area contributed by atoms with Gasteiger partial charge in [0.25, 0.3) is 11.7 Å². The number of hydrogen-bond donors (Lipinski definition) is 1. The van der Waals surface area contributed by atoms with Crippen molar-refractivity contribution in [2.75, 3.05) is 52.6 Å². The summed E-state index contributed by atoms with van der Waals surface area (Å²) in [5.74, 6) is 0.127. The Kier molecular flexibility index (Phi) is 9.95. The Labute approximate surface area is 230 Å². The number of rotatable bonds is 12. The Balaban J connectivity index is 1.68. The molecule has 3 heterocycles. The minimum absolute atomic E-state index is 0.0634. The van der Waals surface area contributed by atoms with Crippen molar-refractivity contribution in [3.63, 3.8) is 0 Å². The minimum atomic E-state index is -0.758. The zero-order valence-corrected chi connectivity index (χ0v) is 23.1. The maximum atomic E-state index is 13.4. The molecular weight excluding hydrogens is 498 g/mol. The average molecular weight is 538 g/mol. The summed E-state index contributed by atoms with van der Waals surface area (Å²) in [6.07, 6.45) is 4.67. The van der Waals surface area contributed by atoms with Crippen molar-refractivity contribution in [2.24, 2.45) is 5.92 Å². The van der Waals surface area contributed by atoms with Gasteiger partial charge in [0.1, 0.15) is 5.76 Å². The quantitative estimate of drug-likeness (QED) is 0.246. The number of pyridine rings is 1. The van der Waals surface area contributed by atoms with E-state index in [1.54, 1.807) is 29.4 Å². The summed E-state index contributed by atoms with van der Waals surface area (Å²) >= 11 is 0. The Hall–Kier alpha value is -3.43. The van der Waals surface area contributed by atoms with E-state index in [1.807, 2.05) is 25.1 Å². The van der Waals surface area contributed by atoms with Crippen LogP contribution in [0.3, 0.4) is 0 Å². The summed E-state index contributed by atoms with van der Waals surface area (Å²) < 4.78 is 17.3. The summed E-state index contributed by atoms with van der Waals surface area (Å²) in [5, 5.41) is 11.3. The second kappa shape index (κ2) is 13.6. The third-order valence-corrected chi connectivity index (χ3v) is 7.01. The molecular formula is C30H39N3O6. The molecule has 9 heteroatoms. The lowest BCUT2D eigenvalue weighted by molar-refractivity contribution is -0.140. The zero-order chi connectivity index (χ0) is 27.8. The van der Waals surface area contributed by atoms with Crippen LogP contribution in [0.5, 0.6) is 11.5 Å². The van der Waals surface area contributed by atoms with Crippen molar-refractivity contribution >= 4 is 17.4 Å². The molecule has 2 saturated heterocycles. The van der Waals surface area contributed by atoms with Gasteiger partial charge in [-0.1, -0.05) is 19.9 Å². The number of aromatic nitrogens is 1. The van der Waals surface area contributed by atoms with E-state index in [2.05, 4.69) is 23.7 Å². The SMILES string of the molecule is CCOc1cc(C2C(=C(O)c3ccncc3)C(=O)C(=O)N2CCCN2CCOCC2)ccc1OCCC(C)C. The van der Waals surface area contributed by atoms with Crippen LogP contribution < -0.4 is 9.47 Å². The second-order valence-corrected chi connectivity index (χ2v) is 10.2. The van der Waals surface area contributed by atoms with Crippen LogP contribution in [0.4, 0.5) is 0 Å². The first-order valence-corrected chi connectivity index (χ1v) is 13.8. The third kappa shape index (κ3) is 6.96. The van der Waals surface area contributed by atoms with Gasteiger partial charge in [-0.05, 0) is 55.5 Å². The molecule has 2 aromatic rings. The third-order valence-electron chi connectivity index (χ3n) is 7.01. The van der Waals surface area contributed by atoms with E-state index in [1.165, 1.54) is 0 Å². The number of carbonyl (C=O) groups excluding carboxylic acids is 2. The summed E-state index contributed by atoms with van der Waals surface area (Å²) in [4.78, 5) is 34.5. The Morgan fingerprint density at radius 1 is 1.08 bits per heavy atom. The van der Waals surface area contributed by atoms with Crippen LogP contribution in [0.25, 0.3) is 5.76 Å². The molecule has 1 N–H and O–H groups in total. The number of morpholine rings is 1. The van der Waals surface area contributed by atoms with E-state index in [9.17, 15) is 14.7 Å². The number of hydrogen-bond acceptors (Lipinski definition) is 8. The topological polar surface area (TPSA) is 101 Å². The lowest BCUT2D eigenvalue weighted by Gasteiger charge is -2.29. The molecule has 0 spiro atoms. The molecule has 0 bridgehead atoms. The second-order valence-electron chi connectivity index (χ2n) is 10.2. The molecule has 1 amide bonds. The minimum Gasteiger partial charge on any atom is -0.507 e. The fraction of sp³-hybridized carbons (Fsp3) is 0.500. The maximum absolute atomic E-state index is 13.4. The standard InChI is InChI=1S/C30H39N3O6/c1-4-38-25-20-23(6-7-24(25)39-17-10-21(2)3)27-26(28(34)22-8-11-31-12-9-22)29(35)30(36)33(27)14-5-13-32-15-18-37-19-16-32/h6-9,11-12,20-21,27,34H,4-5,10,13-19H2,1-3H3. The molecule has 39 heavy (non-hydrogen) atoms. The van der Waals surface area contributed by atoms with Crippen LogP contribution in [0.15, 0.2) is 48.3 Å². The van der Waals surface area contributed by atoms with Gasteiger partial charge >= 0.3 is 0 Å². The smallest absolute Gasteiger partial charge is 0.295 e. The monoisotopic (exact) mass is 537 g/mol. The predicted molar refractivity (Wildman–Crippen MR) is 148 cm³/mol. The van der Waals surface area contributed by atoms with Crippen molar-refractivity contribution in [3.05, 3.63) is 59.4 Å². The fourth-order valence-electron chi connectivity index (χ4n) is 4.90. The Morgan fingerprint density at radius 3 is 2.51 bits per heavy atom. The van der Waals surface area contributed by atoms with Crippen molar-refractivity contribution < 1.29 is 28.9 Å². The van der Waals surface area contributed by atoms with Crippen LogP contribution in [0, 0.1) is 5.92 Å². The van der Waals surface area contributed by atoms with E-state index in [0.29, 0.717) is 67.9 Å². The number of nitrogens with zero attached hydrogens (tertiary/aromatic N) is 3. The van der Waals surface area contributed by atoms with E-state index < -0.39 is 17.7 Å². The van der Waals surface area contributed by atoms with Gasteiger partial charge in [-0.2, -0.15) is 0 Å². The van der Waals surface area contributed by atoms with Gasteiger partial charge in [0.15, 0.2) is 11.5 Å². The number of ketones is 1. The van der Waals surface area contributed by atoms with Crippen LogP contribution in [0.1, 0.15) is 50.8 Å². The number of amides is 1. The summed E-state index contributed by atoms with van der Waals surface area (Å²) in [6.45, 7) is 11.4. The van der Waals surface area contributed by atoms with Gasteiger partial charge < -0.3 is 24.2 Å². The normalized spacial score (nSPS) is 19.6. The fourth-order valence-corrected chi connectivity index (χ4v) is 4.90. The highest BCUT2D eigenvalue weighted by atomic mass is 16.5. The molecule has 1 aromatic heterocycles. The highest BCUT2D eigenvalue weighted by Gasteiger charge is 2.46. The van der Waals surface area contributed by atoms with Crippen LogP contribution in [-0.2, 0) is 14.3 Å². The zero-order valence-electron chi connectivity index (χ0n) is 23.1. The molecule has 2 fully saturated rings. The first kappa shape index (κ1) is 28.6. The van der Waals surface area contributed by atoms with Gasteiger partial charge in [-0.3, -0.25) is 19.5 Å². The van der Waals surface area contributed by atoms with Gasteiger partial charge in [0, 0.05) is 44.1 Å². The number of likely N-dealkylation sites (tertiary alicyclic amines) is 1. The van der Waals surface area contributed by atoms with Gasteiger partial charge in [0.05, 0.1) is 38.0 Å². The Bertz CT molecular complexity index is 1160. The van der Waals surface area contributed by atoms with Crippen molar-refractivity contribution in [1.29, 1.82) is 0 Å². The molecule has 2 aliphatic heterocycles. The highest BCUT2D eigenvalue weighted by molar-refractivity contribution is 6.46. The number of ether oxygens (including phenoxy) is 3. The molecule has 0 radical (unpaired) electrons. The van der Waals surface area contributed by atoms with Crippen molar-refractivity contribution in [2.45, 2.75) is 39.7 Å². The van der Waals surface area contributed by atoms with Crippen molar-refractivity contribution in [1.82, 2.24) is 14.8 Å². The van der Waals surface area contributed by atoms with E-state index in [-0.39, 0.29) is 11.3 Å². The van der Waals surface area contributed by atoms with E-state index in [0.717, 1.165) is 26.1 Å². The molecule has 0 saturated carbocycles. The molecule has 210 valence electrons. The summed E-state index contributed by atoms with van der Waals surface area (Å²) in [5.41, 5.74) is 1.17. The van der Waals surface area contributed by atoms with E-state index in [4.69, 9.17) is 14.2 Å². The number of aliphatic hydroxyl groups excluding tert-OH is 1. The molecule has 1 aromatic carbocycles. The largest absolute Gasteiger partial charge is 0.507 e. The predicted octanol–water partition coefficient (Wildman–Crippen LogP) is 4.05. The van der Waals surface area contributed by atoms with Gasteiger partial charge in [-0.25, -0.2) is 0 Å². The first-order valence-electron chi connectivity index (χ1n) is 13.8. The average Bonchev–Trinajstić information content (AvgIpc) is 3.19. The molecule has 1 atom stereocenters. The number of Topliss-reactive ketones (excluding diaryl/α,β-unsaturated/α-hetero) is 1. The maximum Gasteiger partial charge on any atom is 0.295 e. The van der Waals surface area contributed by atoms with E-state index >= 15 is 0 Å². The van der Waals surface area contributed by atoms with Gasteiger partial charge in [0.2, 0.25) is 0 Å². The lowest BCUT2D eigenvalue weighted by atomic mass is 9.95. The molecule has 4 rings (SSSR count). The van der Waals surface area contributed by atoms with Gasteiger partial charge in [-0.15, -0.1) is 0 Å². The summed E-state index contributed by atoms with van der Waals surface area (Å²) in [7, 11) is 0. The van der Waals surface area contributed by atoms with Crippen molar-refractivity contribution in [3.8, 4) is 11.5 Å². The molecule has 2 aliphatic rings. The lowest BCUT2D eigenvalue weighted by Crippen LogP contribution is -2.39. The van der Waals surface area contributed by atoms with Crippen LogP contribution in [0.2, 0.25) is 0 Å².